The molecule has 0 radical (unpaired) electrons. The molecule has 2 unspecified atom stereocenters. The molecule has 1 aromatic carbocycles. The van der Waals surface area contributed by atoms with Gasteiger partial charge in [0.15, 0.2) is 0 Å². The topological polar surface area (TPSA) is 164 Å². The highest BCUT2D eigenvalue weighted by Crippen LogP contribution is 2.32. The largest absolute Gasteiger partial charge is 0.444 e. The number of nitrogens with zero attached hydrogens (tertiary/aromatic N) is 3. The molecule has 224 valence electrons. The number of ether oxygens (including phenoxy) is 2. The maximum Gasteiger partial charge on any atom is 0.410 e. The van der Waals surface area contributed by atoms with Crippen LogP contribution in [0.25, 0.3) is 0 Å². The number of imide groups is 1. The van der Waals surface area contributed by atoms with E-state index in [1.165, 1.54) is 4.90 Å². The second-order valence-corrected chi connectivity index (χ2v) is 11.6. The van der Waals surface area contributed by atoms with Gasteiger partial charge in [-0.05, 0) is 52.3 Å². The molecular formula is C28H40N6O7. The quantitative estimate of drug-likeness (QED) is 0.270. The van der Waals surface area contributed by atoms with Gasteiger partial charge in [0.05, 0.1) is 6.61 Å². The van der Waals surface area contributed by atoms with Crippen molar-refractivity contribution in [1.29, 1.82) is 0 Å². The van der Waals surface area contributed by atoms with Crippen molar-refractivity contribution in [3.63, 3.8) is 0 Å². The Balaban J connectivity index is 1.28. The molecule has 4 N–H and O–H groups in total. The fraction of sp³-hybridized carbons (Fsp3) is 0.607. The van der Waals surface area contributed by atoms with Crippen LogP contribution >= 0.6 is 0 Å². The molecule has 5 amide bonds. The zero-order chi connectivity index (χ0) is 29.7. The summed E-state index contributed by atoms with van der Waals surface area (Å²) in [5.74, 6) is -1.58. The summed E-state index contributed by atoms with van der Waals surface area (Å²) < 4.78 is 11.1. The van der Waals surface area contributed by atoms with Crippen molar-refractivity contribution in [2.45, 2.75) is 64.3 Å². The van der Waals surface area contributed by atoms with Crippen LogP contribution < -0.4 is 16.4 Å². The zero-order valence-electron chi connectivity index (χ0n) is 23.9. The predicted molar refractivity (Wildman–Crippen MR) is 149 cm³/mol. The Hall–Kier alpha value is -3.55. The number of rotatable bonds is 10. The Labute approximate surface area is 239 Å². The number of amides is 5. The van der Waals surface area contributed by atoms with Gasteiger partial charge in [-0.2, -0.15) is 0 Å². The molecule has 2 saturated heterocycles. The Morgan fingerprint density at radius 1 is 1.17 bits per heavy atom. The van der Waals surface area contributed by atoms with E-state index < -0.39 is 29.6 Å². The monoisotopic (exact) mass is 572 g/mol. The molecule has 0 saturated carbocycles. The summed E-state index contributed by atoms with van der Waals surface area (Å²) in [7, 11) is 0. The molecule has 0 bridgehead atoms. The second-order valence-electron chi connectivity index (χ2n) is 11.6. The fourth-order valence-electron chi connectivity index (χ4n) is 5.18. The number of likely N-dealkylation sites (tertiary alicyclic amines) is 1. The number of benzene rings is 1. The van der Waals surface area contributed by atoms with Crippen molar-refractivity contribution in [3.8, 4) is 0 Å². The zero-order valence-corrected chi connectivity index (χ0v) is 23.9. The lowest BCUT2D eigenvalue weighted by Gasteiger charge is -2.29. The molecule has 41 heavy (non-hydrogen) atoms. The third-order valence-electron chi connectivity index (χ3n) is 7.24. The highest BCUT2D eigenvalue weighted by molar-refractivity contribution is 6.06. The lowest BCUT2D eigenvalue weighted by atomic mass is 10.0. The predicted octanol–water partition coefficient (Wildman–Crippen LogP) is 0.673. The Kier molecular flexibility index (Phi) is 9.61. The summed E-state index contributed by atoms with van der Waals surface area (Å²) in [6, 6.07) is 4.40. The van der Waals surface area contributed by atoms with Crippen LogP contribution in [0.15, 0.2) is 18.2 Å². The van der Waals surface area contributed by atoms with E-state index in [4.69, 9.17) is 15.2 Å². The van der Waals surface area contributed by atoms with Crippen LogP contribution in [0.2, 0.25) is 0 Å². The molecule has 13 nitrogen and oxygen atoms in total. The summed E-state index contributed by atoms with van der Waals surface area (Å²) >= 11 is 0. The standard InChI is InChI=1S/C28H40N6O7/c1-28(2,3)41-27(39)33(12-11-32-10-9-18(29)15-32)13-14-40-17-24(36)30-21-6-4-5-19-20(21)16-34(26(19)38)22-7-8-23(35)31-25(22)37/h4-6,18,22H,7-17,29H2,1-3H3,(H,30,36)(H,31,35,37). The summed E-state index contributed by atoms with van der Waals surface area (Å²) in [6.45, 7) is 8.48. The minimum atomic E-state index is -0.741. The van der Waals surface area contributed by atoms with Gasteiger partial charge in [-0.3, -0.25) is 29.4 Å². The van der Waals surface area contributed by atoms with Gasteiger partial charge in [0.1, 0.15) is 18.2 Å². The number of nitrogens with two attached hydrogens (primary N) is 1. The summed E-state index contributed by atoms with van der Waals surface area (Å²) in [5.41, 5.74) is 6.82. The first-order valence-electron chi connectivity index (χ1n) is 14.0. The van der Waals surface area contributed by atoms with Crippen molar-refractivity contribution < 1.29 is 33.4 Å². The van der Waals surface area contributed by atoms with E-state index in [1.54, 1.807) is 43.9 Å². The maximum atomic E-state index is 13.0. The molecule has 3 aliphatic heterocycles. The Morgan fingerprint density at radius 2 is 1.95 bits per heavy atom. The van der Waals surface area contributed by atoms with E-state index in [1.807, 2.05) is 0 Å². The molecule has 2 fully saturated rings. The smallest absolute Gasteiger partial charge is 0.410 e. The number of hydrogen-bond donors (Lipinski definition) is 3. The number of carbonyl (C=O) groups excluding carboxylic acids is 5. The van der Waals surface area contributed by atoms with E-state index in [0.717, 1.165) is 19.5 Å². The van der Waals surface area contributed by atoms with Crippen molar-refractivity contribution in [2.75, 3.05) is 51.3 Å². The number of piperidine rings is 1. The van der Waals surface area contributed by atoms with E-state index in [9.17, 15) is 24.0 Å². The van der Waals surface area contributed by atoms with Gasteiger partial charge in [-0.1, -0.05) is 6.07 Å². The highest BCUT2D eigenvalue weighted by atomic mass is 16.6. The molecule has 2 atom stereocenters. The van der Waals surface area contributed by atoms with Gasteiger partial charge in [0.2, 0.25) is 17.7 Å². The van der Waals surface area contributed by atoms with Crippen LogP contribution in [0.4, 0.5) is 10.5 Å². The van der Waals surface area contributed by atoms with Gasteiger partial charge >= 0.3 is 6.09 Å². The van der Waals surface area contributed by atoms with Crippen molar-refractivity contribution in [3.05, 3.63) is 29.3 Å². The first-order valence-corrected chi connectivity index (χ1v) is 14.0. The van der Waals surface area contributed by atoms with Crippen LogP contribution in [0.5, 0.6) is 0 Å². The van der Waals surface area contributed by atoms with Crippen LogP contribution in [0, 0.1) is 0 Å². The number of nitrogens with one attached hydrogen (secondary N) is 2. The molecule has 1 aromatic rings. The van der Waals surface area contributed by atoms with Crippen LogP contribution in [0.3, 0.4) is 0 Å². The number of hydrogen-bond acceptors (Lipinski definition) is 9. The third kappa shape index (κ3) is 8.02. The van der Waals surface area contributed by atoms with Crippen molar-refractivity contribution in [1.82, 2.24) is 20.0 Å². The Bertz CT molecular complexity index is 1180. The molecule has 4 rings (SSSR count). The number of fused-ring (bicyclic) bond motifs is 1. The number of carbonyl (C=O) groups is 5. The molecule has 0 aliphatic carbocycles. The first-order chi connectivity index (χ1) is 19.4. The van der Waals surface area contributed by atoms with Crippen LogP contribution in [-0.4, -0.2) is 108 Å². The van der Waals surface area contributed by atoms with E-state index >= 15 is 0 Å². The third-order valence-corrected chi connectivity index (χ3v) is 7.24. The summed E-state index contributed by atoms with van der Waals surface area (Å²) in [4.78, 5) is 67.5. The van der Waals surface area contributed by atoms with Crippen LogP contribution in [-0.2, 0) is 30.4 Å². The van der Waals surface area contributed by atoms with Crippen molar-refractivity contribution >= 4 is 35.4 Å². The average molecular weight is 573 g/mol. The van der Waals surface area contributed by atoms with Gasteiger partial charge in [0, 0.05) is 62.0 Å². The second kappa shape index (κ2) is 13.0. The minimum Gasteiger partial charge on any atom is -0.444 e. The van der Waals surface area contributed by atoms with E-state index in [0.29, 0.717) is 29.9 Å². The normalized spacial score (nSPS) is 21.1. The molecule has 0 spiro atoms. The van der Waals surface area contributed by atoms with Gasteiger partial charge < -0.3 is 30.3 Å². The fourth-order valence-corrected chi connectivity index (χ4v) is 5.18. The minimum absolute atomic E-state index is 0.126. The van der Waals surface area contributed by atoms with Crippen molar-refractivity contribution in [2.24, 2.45) is 5.73 Å². The van der Waals surface area contributed by atoms with Crippen LogP contribution in [0.1, 0.15) is 56.0 Å². The molecule has 13 heteroatoms. The lowest BCUT2D eigenvalue weighted by molar-refractivity contribution is -0.137. The maximum absolute atomic E-state index is 13.0. The summed E-state index contributed by atoms with van der Waals surface area (Å²) in [6.07, 6.45) is 0.901. The molecule has 3 aliphatic rings. The lowest BCUT2D eigenvalue weighted by Crippen LogP contribution is -2.52. The van der Waals surface area contributed by atoms with Gasteiger partial charge in [0.25, 0.3) is 5.91 Å². The average Bonchev–Trinajstić information content (AvgIpc) is 3.45. The first kappa shape index (κ1) is 30.4. The van der Waals surface area contributed by atoms with E-state index in [2.05, 4.69) is 15.5 Å². The molecular weight excluding hydrogens is 532 g/mol. The van der Waals surface area contributed by atoms with Gasteiger partial charge in [-0.25, -0.2) is 4.79 Å². The Morgan fingerprint density at radius 3 is 2.63 bits per heavy atom. The highest BCUT2D eigenvalue weighted by Gasteiger charge is 2.40. The molecule has 3 heterocycles. The van der Waals surface area contributed by atoms with E-state index in [-0.39, 0.29) is 57.0 Å². The molecule has 0 aromatic heterocycles. The SMILES string of the molecule is CC(C)(C)OC(=O)N(CCOCC(=O)Nc1cccc2c1CN(C1CCC(=O)NC1=O)C2=O)CCN1CCC(N)C1. The van der Waals surface area contributed by atoms with Gasteiger partial charge in [-0.15, -0.1) is 0 Å². The summed E-state index contributed by atoms with van der Waals surface area (Å²) in [5, 5.41) is 5.07. The number of anilines is 1.